The minimum absolute atomic E-state index is 0.0193. The third-order valence-corrected chi connectivity index (χ3v) is 6.80. The lowest BCUT2D eigenvalue weighted by Gasteiger charge is -2.32. The average molecular weight is 488 g/mol. The van der Waals surface area contributed by atoms with E-state index in [9.17, 15) is 9.59 Å². The summed E-state index contributed by atoms with van der Waals surface area (Å²) in [7, 11) is 0. The molecule has 1 unspecified atom stereocenters. The van der Waals surface area contributed by atoms with Crippen LogP contribution in [-0.4, -0.2) is 45.3 Å². The summed E-state index contributed by atoms with van der Waals surface area (Å²) in [5, 5.41) is 0. The zero-order valence-electron chi connectivity index (χ0n) is 22.7. The maximum absolute atomic E-state index is 13.7. The second-order valence-corrected chi connectivity index (χ2v) is 10.3. The minimum Gasteiger partial charge on any atom is -0.345 e. The summed E-state index contributed by atoms with van der Waals surface area (Å²) in [6.07, 6.45) is 2.92. The molecule has 0 saturated heterocycles. The molecule has 0 spiro atoms. The smallest absolute Gasteiger partial charge is 0.254 e. The second-order valence-electron chi connectivity index (χ2n) is 10.3. The Hall–Kier alpha value is -3.34. The van der Waals surface area contributed by atoms with Gasteiger partial charge in [-0.3, -0.25) is 9.59 Å². The maximum Gasteiger partial charge on any atom is 0.254 e. The lowest BCUT2D eigenvalue weighted by molar-refractivity contribution is -0.134. The van der Waals surface area contributed by atoms with Crippen molar-refractivity contribution in [2.24, 2.45) is 5.92 Å². The molecule has 2 aromatic carbocycles. The van der Waals surface area contributed by atoms with Gasteiger partial charge in [-0.15, -0.1) is 0 Å². The first-order valence-electron chi connectivity index (χ1n) is 13.0. The Morgan fingerprint density at radius 3 is 2.25 bits per heavy atom. The molecule has 5 heteroatoms. The summed E-state index contributed by atoms with van der Waals surface area (Å²) >= 11 is 0. The van der Waals surface area contributed by atoms with Crippen molar-refractivity contribution in [3.8, 4) is 0 Å². The van der Waals surface area contributed by atoms with Crippen LogP contribution < -0.4 is 0 Å². The summed E-state index contributed by atoms with van der Waals surface area (Å²) in [5.74, 6) is 0.147. The van der Waals surface area contributed by atoms with E-state index in [2.05, 4.69) is 75.7 Å². The largest absolute Gasteiger partial charge is 0.345 e. The molecule has 1 atom stereocenters. The van der Waals surface area contributed by atoms with Crippen LogP contribution >= 0.6 is 0 Å². The molecule has 1 aromatic heterocycles. The molecule has 192 valence electrons. The molecular weight excluding hydrogens is 446 g/mol. The molecular formula is C31H41N3O2. The molecule has 0 saturated carbocycles. The first kappa shape index (κ1) is 27.3. The number of rotatable bonds is 11. The van der Waals surface area contributed by atoms with E-state index >= 15 is 0 Å². The van der Waals surface area contributed by atoms with Crippen LogP contribution in [0.25, 0.3) is 0 Å². The third kappa shape index (κ3) is 7.09. The number of hydrogen-bond acceptors (Lipinski definition) is 2. The number of benzene rings is 2. The number of carbonyl (C=O) groups is 2. The van der Waals surface area contributed by atoms with Crippen LogP contribution in [0.1, 0.15) is 66.9 Å². The molecule has 36 heavy (non-hydrogen) atoms. The normalized spacial score (nSPS) is 12.0. The highest BCUT2D eigenvalue weighted by molar-refractivity contribution is 5.96. The lowest BCUT2D eigenvalue weighted by atomic mass is 10.1. The predicted molar refractivity (Wildman–Crippen MR) is 147 cm³/mol. The molecule has 0 bridgehead atoms. The van der Waals surface area contributed by atoms with Crippen LogP contribution in [0.3, 0.4) is 0 Å². The van der Waals surface area contributed by atoms with Crippen molar-refractivity contribution in [1.82, 2.24) is 14.4 Å². The molecule has 0 fully saturated rings. The summed E-state index contributed by atoms with van der Waals surface area (Å²) in [6, 6.07) is 20.2. The highest BCUT2D eigenvalue weighted by Gasteiger charge is 2.26. The van der Waals surface area contributed by atoms with E-state index in [4.69, 9.17) is 0 Å². The maximum atomic E-state index is 13.7. The Kier molecular flexibility index (Phi) is 9.51. The van der Waals surface area contributed by atoms with Gasteiger partial charge in [0.05, 0.1) is 6.54 Å². The first-order chi connectivity index (χ1) is 17.2. The molecule has 1 heterocycles. The summed E-state index contributed by atoms with van der Waals surface area (Å²) < 4.78 is 2.22. The molecule has 0 aliphatic heterocycles. The van der Waals surface area contributed by atoms with Crippen LogP contribution in [0.5, 0.6) is 0 Å². The van der Waals surface area contributed by atoms with E-state index in [0.717, 1.165) is 24.2 Å². The van der Waals surface area contributed by atoms with Crippen LogP contribution in [0.4, 0.5) is 0 Å². The Bertz CT molecular complexity index is 1150. The zero-order valence-corrected chi connectivity index (χ0v) is 22.7. The van der Waals surface area contributed by atoms with Gasteiger partial charge in [-0.1, -0.05) is 62.7 Å². The predicted octanol–water partition coefficient (Wildman–Crippen LogP) is 6.08. The minimum atomic E-state index is -0.0934. The van der Waals surface area contributed by atoms with E-state index in [1.807, 2.05) is 42.2 Å². The van der Waals surface area contributed by atoms with Gasteiger partial charge in [-0.2, -0.15) is 0 Å². The Balaban J connectivity index is 1.81. The molecule has 0 aliphatic carbocycles. The van der Waals surface area contributed by atoms with E-state index in [1.165, 1.54) is 11.1 Å². The number of aromatic nitrogens is 1. The molecule has 5 nitrogen and oxygen atoms in total. The summed E-state index contributed by atoms with van der Waals surface area (Å²) in [5.41, 5.74) is 5.34. The highest BCUT2D eigenvalue weighted by atomic mass is 16.2. The SMILES string of the molecule is CCC(C)N(Cc1cccn1Cc1ccccc1C)C(=O)CN(CC(C)C)C(=O)c1ccc(C)cc1. The number of aryl methyl sites for hydroxylation is 2. The van der Waals surface area contributed by atoms with Crippen molar-refractivity contribution >= 4 is 11.8 Å². The van der Waals surface area contributed by atoms with Crippen molar-refractivity contribution in [2.75, 3.05) is 13.1 Å². The van der Waals surface area contributed by atoms with Gasteiger partial charge >= 0.3 is 0 Å². The topological polar surface area (TPSA) is 45.6 Å². The van der Waals surface area contributed by atoms with E-state index in [1.54, 1.807) is 4.90 Å². The van der Waals surface area contributed by atoms with Gasteiger partial charge in [0.25, 0.3) is 5.91 Å². The number of carbonyl (C=O) groups excluding carboxylic acids is 2. The van der Waals surface area contributed by atoms with Crippen LogP contribution in [-0.2, 0) is 17.9 Å². The molecule has 2 amide bonds. The van der Waals surface area contributed by atoms with Crippen molar-refractivity contribution in [3.05, 3.63) is 94.8 Å². The number of nitrogens with zero attached hydrogens (tertiary/aromatic N) is 3. The Labute approximate surface area is 216 Å². The number of amides is 2. The lowest BCUT2D eigenvalue weighted by Crippen LogP contribution is -2.47. The van der Waals surface area contributed by atoms with Crippen LogP contribution in [0, 0.1) is 19.8 Å². The fourth-order valence-electron chi connectivity index (χ4n) is 4.40. The van der Waals surface area contributed by atoms with Gasteiger partial charge < -0.3 is 14.4 Å². The summed E-state index contributed by atoms with van der Waals surface area (Å²) in [6.45, 7) is 14.4. The van der Waals surface area contributed by atoms with Gasteiger partial charge in [-0.25, -0.2) is 0 Å². The van der Waals surface area contributed by atoms with Crippen molar-refractivity contribution in [3.63, 3.8) is 0 Å². The van der Waals surface area contributed by atoms with Gasteiger partial charge in [0.15, 0.2) is 0 Å². The van der Waals surface area contributed by atoms with Gasteiger partial charge in [0.2, 0.25) is 5.91 Å². The molecule has 3 rings (SSSR count). The van der Waals surface area contributed by atoms with Gasteiger partial charge in [0, 0.05) is 36.6 Å². The fraction of sp³-hybridized carbons (Fsp3) is 0.419. The standard InChI is InChI=1S/C31H41N3O2/c1-7-26(6)34(21-29-13-10-18-32(29)20-28-12-9-8-11-25(28)5)30(35)22-33(19-23(2)3)31(36)27-16-14-24(4)15-17-27/h8-18,23,26H,7,19-22H2,1-6H3. The van der Waals surface area contributed by atoms with Crippen molar-refractivity contribution < 1.29 is 9.59 Å². The molecule has 3 aromatic rings. The third-order valence-electron chi connectivity index (χ3n) is 6.80. The Morgan fingerprint density at radius 2 is 1.61 bits per heavy atom. The molecule has 0 radical (unpaired) electrons. The quantitative estimate of drug-likeness (QED) is 0.329. The van der Waals surface area contributed by atoms with E-state index in [-0.39, 0.29) is 30.3 Å². The molecule has 0 N–H and O–H groups in total. The monoisotopic (exact) mass is 487 g/mol. The summed E-state index contributed by atoms with van der Waals surface area (Å²) in [4.78, 5) is 30.7. The van der Waals surface area contributed by atoms with Crippen molar-refractivity contribution in [2.45, 2.75) is 67.1 Å². The second kappa shape index (κ2) is 12.6. The fourth-order valence-corrected chi connectivity index (χ4v) is 4.40. The average Bonchev–Trinajstić information content (AvgIpc) is 3.29. The zero-order chi connectivity index (χ0) is 26.2. The van der Waals surface area contributed by atoms with Crippen LogP contribution in [0.2, 0.25) is 0 Å². The van der Waals surface area contributed by atoms with Gasteiger partial charge in [-0.05, 0) is 68.5 Å². The van der Waals surface area contributed by atoms with E-state index in [0.29, 0.717) is 18.7 Å². The Morgan fingerprint density at radius 1 is 0.917 bits per heavy atom. The number of hydrogen-bond donors (Lipinski definition) is 0. The van der Waals surface area contributed by atoms with Gasteiger partial charge in [0.1, 0.15) is 6.54 Å². The first-order valence-corrected chi connectivity index (χ1v) is 13.0. The van der Waals surface area contributed by atoms with Crippen LogP contribution in [0.15, 0.2) is 66.9 Å². The van der Waals surface area contributed by atoms with Crippen molar-refractivity contribution in [1.29, 1.82) is 0 Å². The molecule has 0 aliphatic rings. The van der Waals surface area contributed by atoms with E-state index < -0.39 is 0 Å². The highest BCUT2D eigenvalue weighted by Crippen LogP contribution is 2.17.